The molecule has 1 saturated heterocycles. The number of carbonyl (C=O) groups excluding carboxylic acids is 2. The zero-order chi connectivity index (χ0) is 18.4. The Morgan fingerprint density at radius 2 is 1.78 bits per heavy atom. The number of fused-ring (bicyclic) bond motifs is 2. The van der Waals surface area contributed by atoms with Crippen molar-refractivity contribution < 1.29 is 9.59 Å². The van der Waals surface area contributed by atoms with Gasteiger partial charge in [-0.25, -0.2) is 0 Å². The molecular formula is C22H21N3O2. The minimum absolute atomic E-state index is 0.0282. The first-order chi connectivity index (χ1) is 13.2. The number of benzene rings is 1. The molecule has 1 fully saturated rings. The molecule has 1 N–H and O–H groups in total. The standard InChI is InChI=1S/C22H21N3O2/c26-21-17-4-1-2-5-18(17)22(27)20-16(6-3-7-19(20)21)14-12-24-25(13-14)15-8-10-23-11-9-15/h1-7,12-13,15,19-20,23H,8-11H2. The predicted molar refractivity (Wildman–Crippen MR) is 103 cm³/mol. The van der Waals surface area contributed by atoms with Crippen LogP contribution >= 0.6 is 0 Å². The van der Waals surface area contributed by atoms with Gasteiger partial charge in [0.2, 0.25) is 0 Å². The number of hydrogen-bond acceptors (Lipinski definition) is 4. The van der Waals surface area contributed by atoms with Crippen molar-refractivity contribution in [3.63, 3.8) is 0 Å². The van der Waals surface area contributed by atoms with Gasteiger partial charge in [-0.15, -0.1) is 0 Å². The monoisotopic (exact) mass is 359 g/mol. The topological polar surface area (TPSA) is 64.0 Å². The smallest absolute Gasteiger partial charge is 0.172 e. The van der Waals surface area contributed by atoms with Crippen LogP contribution in [0.2, 0.25) is 0 Å². The Bertz CT molecular complexity index is 979. The highest BCUT2D eigenvalue weighted by Crippen LogP contribution is 2.41. The first-order valence-corrected chi connectivity index (χ1v) is 9.55. The Morgan fingerprint density at radius 1 is 1.04 bits per heavy atom. The fraction of sp³-hybridized carbons (Fsp3) is 0.318. The van der Waals surface area contributed by atoms with Gasteiger partial charge in [-0.05, 0) is 31.5 Å². The minimum Gasteiger partial charge on any atom is -0.317 e. The fourth-order valence-electron chi connectivity index (χ4n) is 4.52. The van der Waals surface area contributed by atoms with Crippen molar-refractivity contribution in [1.29, 1.82) is 0 Å². The molecule has 5 heteroatoms. The number of carbonyl (C=O) groups is 2. The van der Waals surface area contributed by atoms with Gasteiger partial charge in [0.15, 0.2) is 11.6 Å². The van der Waals surface area contributed by atoms with E-state index >= 15 is 0 Å². The zero-order valence-corrected chi connectivity index (χ0v) is 15.0. The summed E-state index contributed by atoms with van der Waals surface area (Å²) in [6.07, 6.45) is 11.7. The van der Waals surface area contributed by atoms with E-state index in [9.17, 15) is 9.59 Å². The summed E-state index contributed by atoms with van der Waals surface area (Å²) in [5.41, 5.74) is 2.92. The van der Waals surface area contributed by atoms with E-state index in [4.69, 9.17) is 0 Å². The SMILES string of the molecule is O=C1c2ccccc2C(=O)C2C(c3cnn(C4CCNCC4)c3)=CC=CC12. The molecule has 0 bridgehead atoms. The molecule has 2 atom stereocenters. The number of rotatable bonds is 2. The molecule has 0 saturated carbocycles. The molecule has 1 aliphatic heterocycles. The molecule has 0 spiro atoms. The molecule has 1 aromatic carbocycles. The van der Waals surface area contributed by atoms with Crippen LogP contribution < -0.4 is 5.32 Å². The average Bonchev–Trinajstić information content (AvgIpc) is 3.22. The summed E-state index contributed by atoms with van der Waals surface area (Å²) < 4.78 is 2.02. The molecule has 5 nitrogen and oxygen atoms in total. The number of ketones is 2. The summed E-state index contributed by atoms with van der Waals surface area (Å²) in [5.74, 6) is -0.819. The molecule has 1 aromatic heterocycles. The van der Waals surface area contributed by atoms with E-state index in [0.29, 0.717) is 17.2 Å². The maximum Gasteiger partial charge on any atom is 0.172 e. The normalized spacial score (nSPS) is 25.1. The molecule has 136 valence electrons. The van der Waals surface area contributed by atoms with Gasteiger partial charge in [-0.2, -0.15) is 5.10 Å². The van der Waals surface area contributed by atoms with Gasteiger partial charge in [0, 0.05) is 22.9 Å². The van der Waals surface area contributed by atoms with Crippen LogP contribution in [0.1, 0.15) is 45.2 Å². The molecule has 0 amide bonds. The lowest BCUT2D eigenvalue weighted by Gasteiger charge is -2.32. The van der Waals surface area contributed by atoms with Gasteiger partial charge < -0.3 is 5.32 Å². The third-order valence-corrected chi connectivity index (χ3v) is 5.95. The Hall–Kier alpha value is -2.79. The largest absolute Gasteiger partial charge is 0.317 e. The molecule has 2 heterocycles. The maximum absolute atomic E-state index is 13.2. The van der Waals surface area contributed by atoms with Gasteiger partial charge in [0.05, 0.1) is 24.1 Å². The third-order valence-electron chi connectivity index (χ3n) is 5.95. The highest BCUT2D eigenvalue weighted by atomic mass is 16.1. The summed E-state index contributed by atoms with van der Waals surface area (Å²) in [7, 11) is 0. The summed E-state index contributed by atoms with van der Waals surface area (Å²) in [6.45, 7) is 2.00. The van der Waals surface area contributed by atoms with Crippen LogP contribution in [0.4, 0.5) is 0 Å². The third kappa shape index (κ3) is 2.61. The average molecular weight is 359 g/mol. The van der Waals surface area contributed by atoms with Crippen molar-refractivity contribution in [2.24, 2.45) is 11.8 Å². The number of Topliss-reactive ketones (excluding diaryl/α,β-unsaturated/α-hetero) is 2. The molecule has 2 aliphatic carbocycles. The van der Waals surface area contributed by atoms with E-state index in [-0.39, 0.29) is 11.6 Å². The van der Waals surface area contributed by atoms with E-state index < -0.39 is 11.8 Å². The second kappa shape index (κ2) is 6.43. The van der Waals surface area contributed by atoms with Gasteiger partial charge in [-0.3, -0.25) is 14.3 Å². The van der Waals surface area contributed by atoms with E-state index in [2.05, 4.69) is 10.4 Å². The molecular weight excluding hydrogens is 338 g/mol. The van der Waals surface area contributed by atoms with Crippen molar-refractivity contribution >= 4 is 17.1 Å². The summed E-state index contributed by atoms with van der Waals surface area (Å²) in [6, 6.07) is 7.55. The first kappa shape index (κ1) is 16.4. The fourth-order valence-corrected chi connectivity index (χ4v) is 4.52. The van der Waals surface area contributed by atoms with E-state index in [1.165, 1.54) is 0 Å². The lowest BCUT2D eigenvalue weighted by Crippen LogP contribution is -2.37. The second-order valence-electron chi connectivity index (χ2n) is 7.47. The number of aromatic nitrogens is 2. The molecule has 2 aromatic rings. The van der Waals surface area contributed by atoms with Gasteiger partial charge >= 0.3 is 0 Å². The molecule has 27 heavy (non-hydrogen) atoms. The van der Waals surface area contributed by atoms with Crippen LogP contribution in [-0.2, 0) is 0 Å². The Labute approximate surface area is 157 Å². The summed E-state index contributed by atoms with van der Waals surface area (Å²) in [5, 5.41) is 7.94. The Balaban J connectivity index is 1.52. The second-order valence-corrected chi connectivity index (χ2v) is 7.47. The van der Waals surface area contributed by atoms with E-state index in [1.807, 2.05) is 47.4 Å². The van der Waals surface area contributed by atoms with Crippen LogP contribution in [0.3, 0.4) is 0 Å². The number of hydrogen-bond donors (Lipinski definition) is 1. The van der Waals surface area contributed by atoms with Crippen molar-refractivity contribution in [2.45, 2.75) is 18.9 Å². The molecule has 3 aliphatic rings. The maximum atomic E-state index is 13.2. The first-order valence-electron chi connectivity index (χ1n) is 9.55. The predicted octanol–water partition coefficient (Wildman–Crippen LogP) is 3.07. The van der Waals surface area contributed by atoms with Crippen molar-refractivity contribution in [3.8, 4) is 0 Å². The van der Waals surface area contributed by atoms with Crippen LogP contribution in [0.25, 0.3) is 5.57 Å². The lowest BCUT2D eigenvalue weighted by molar-refractivity contribution is 0.0808. The van der Waals surface area contributed by atoms with Crippen LogP contribution in [0.5, 0.6) is 0 Å². The van der Waals surface area contributed by atoms with Gasteiger partial charge in [0.25, 0.3) is 0 Å². The van der Waals surface area contributed by atoms with Crippen molar-refractivity contribution in [1.82, 2.24) is 15.1 Å². The summed E-state index contributed by atoms with van der Waals surface area (Å²) >= 11 is 0. The van der Waals surface area contributed by atoms with Crippen molar-refractivity contribution in [3.05, 3.63) is 71.6 Å². The number of nitrogens with one attached hydrogen (secondary N) is 1. The number of nitrogens with zero attached hydrogens (tertiary/aromatic N) is 2. The number of piperidine rings is 1. The van der Waals surface area contributed by atoms with Gasteiger partial charge in [0.1, 0.15) is 0 Å². The van der Waals surface area contributed by atoms with E-state index in [1.54, 1.807) is 12.1 Å². The lowest BCUT2D eigenvalue weighted by atomic mass is 9.68. The van der Waals surface area contributed by atoms with Crippen molar-refractivity contribution in [2.75, 3.05) is 13.1 Å². The highest BCUT2D eigenvalue weighted by molar-refractivity contribution is 6.20. The number of allylic oxidation sites excluding steroid dienone is 4. The Morgan fingerprint density at radius 3 is 2.56 bits per heavy atom. The van der Waals surface area contributed by atoms with Gasteiger partial charge in [-0.1, -0.05) is 42.5 Å². The minimum atomic E-state index is -0.455. The Kier molecular flexibility index (Phi) is 3.90. The highest BCUT2D eigenvalue weighted by Gasteiger charge is 2.43. The quantitative estimate of drug-likeness (QED) is 0.895. The van der Waals surface area contributed by atoms with Crippen LogP contribution in [-0.4, -0.2) is 34.4 Å². The van der Waals surface area contributed by atoms with Crippen LogP contribution in [0, 0.1) is 11.8 Å². The molecule has 5 rings (SSSR count). The molecule has 2 unspecified atom stereocenters. The molecule has 0 radical (unpaired) electrons. The van der Waals surface area contributed by atoms with Crippen LogP contribution in [0.15, 0.2) is 54.9 Å². The zero-order valence-electron chi connectivity index (χ0n) is 15.0. The summed E-state index contributed by atoms with van der Waals surface area (Å²) in [4.78, 5) is 26.2. The van der Waals surface area contributed by atoms with E-state index in [0.717, 1.165) is 37.1 Å².